The SMILES string of the molecule is Cc1ccc(NC(=O)CSCC#N)cc1[N+](=O)[O-]. The third-order valence-corrected chi connectivity index (χ3v) is 2.89. The van der Waals surface area contributed by atoms with Crippen LogP contribution >= 0.6 is 11.8 Å². The molecule has 0 aliphatic heterocycles. The number of rotatable bonds is 5. The fraction of sp³-hybridized carbons (Fsp3) is 0.273. The largest absolute Gasteiger partial charge is 0.325 e. The lowest BCUT2D eigenvalue weighted by molar-refractivity contribution is -0.385. The van der Waals surface area contributed by atoms with E-state index in [1.807, 2.05) is 6.07 Å². The maximum absolute atomic E-state index is 11.4. The highest BCUT2D eigenvalue weighted by Crippen LogP contribution is 2.22. The van der Waals surface area contributed by atoms with Gasteiger partial charge in [0.2, 0.25) is 5.91 Å². The number of nitro benzene ring substituents is 1. The highest BCUT2D eigenvalue weighted by molar-refractivity contribution is 8.00. The monoisotopic (exact) mass is 265 g/mol. The molecular weight excluding hydrogens is 254 g/mol. The third-order valence-electron chi connectivity index (χ3n) is 2.09. The van der Waals surface area contributed by atoms with E-state index in [2.05, 4.69) is 5.32 Å². The topological polar surface area (TPSA) is 96.0 Å². The summed E-state index contributed by atoms with van der Waals surface area (Å²) in [5.41, 5.74) is 0.893. The van der Waals surface area contributed by atoms with Crippen molar-refractivity contribution in [2.45, 2.75) is 6.92 Å². The molecule has 0 fully saturated rings. The van der Waals surface area contributed by atoms with Crippen LogP contribution in [0.15, 0.2) is 18.2 Å². The molecule has 94 valence electrons. The molecule has 0 atom stereocenters. The zero-order valence-electron chi connectivity index (χ0n) is 9.67. The lowest BCUT2D eigenvalue weighted by Crippen LogP contribution is -2.14. The van der Waals surface area contributed by atoms with Gasteiger partial charge in [-0.25, -0.2) is 0 Å². The van der Waals surface area contributed by atoms with E-state index in [1.54, 1.807) is 19.1 Å². The number of hydrogen-bond donors (Lipinski definition) is 1. The summed E-state index contributed by atoms with van der Waals surface area (Å²) in [6, 6.07) is 6.42. The molecule has 1 rings (SSSR count). The lowest BCUT2D eigenvalue weighted by Gasteiger charge is -2.05. The summed E-state index contributed by atoms with van der Waals surface area (Å²) in [6.45, 7) is 1.63. The van der Waals surface area contributed by atoms with E-state index >= 15 is 0 Å². The molecule has 1 N–H and O–H groups in total. The van der Waals surface area contributed by atoms with E-state index in [0.29, 0.717) is 11.3 Å². The third kappa shape index (κ3) is 4.07. The van der Waals surface area contributed by atoms with Gasteiger partial charge in [-0.2, -0.15) is 5.26 Å². The number of anilines is 1. The molecule has 0 aromatic heterocycles. The quantitative estimate of drug-likeness (QED) is 0.499. The zero-order valence-corrected chi connectivity index (χ0v) is 10.5. The van der Waals surface area contributed by atoms with E-state index in [-0.39, 0.29) is 23.1 Å². The Kier molecular flexibility index (Phi) is 5.14. The highest BCUT2D eigenvalue weighted by Gasteiger charge is 2.12. The molecule has 0 spiro atoms. The second-order valence-electron chi connectivity index (χ2n) is 3.46. The molecule has 0 saturated carbocycles. The first-order chi connectivity index (χ1) is 8.54. The van der Waals surface area contributed by atoms with E-state index in [4.69, 9.17) is 5.26 Å². The zero-order chi connectivity index (χ0) is 13.5. The summed E-state index contributed by atoms with van der Waals surface area (Å²) < 4.78 is 0. The van der Waals surface area contributed by atoms with Crippen LogP contribution < -0.4 is 5.32 Å². The number of hydrogen-bond acceptors (Lipinski definition) is 5. The number of nitro groups is 1. The molecule has 18 heavy (non-hydrogen) atoms. The fourth-order valence-corrected chi connectivity index (χ4v) is 1.72. The van der Waals surface area contributed by atoms with Crippen molar-refractivity contribution >= 4 is 29.0 Å². The Labute approximate surface area is 108 Å². The molecule has 1 aromatic rings. The Hall–Kier alpha value is -2.07. The number of nitrogens with one attached hydrogen (secondary N) is 1. The highest BCUT2D eigenvalue weighted by atomic mass is 32.2. The first-order valence-corrected chi connectivity index (χ1v) is 6.19. The Morgan fingerprint density at radius 1 is 1.61 bits per heavy atom. The predicted molar refractivity (Wildman–Crippen MR) is 69.4 cm³/mol. The standard InChI is InChI=1S/C11H11N3O3S/c1-8-2-3-9(6-10(8)14(16)17)13-11(15)7-18-5-4-12/h2-3,6H,5,7H2,1H3,(H,13,15). The van der Waals surface area contributed by atoms with Crippen molar-refractivity contribution in [2.75, 3.05) is 16.8 Å². The number of nitrogens with zero attached hydrogens (tertiary/aromatic N) is 2. The second kappa shape index (κ2) is 6.61. The van der Waals surface area contributed by atoms with Crippen LogP contribution in [0, 0.1) is 28.4 Å². The Morgan fingerprint density at radius 2 is 2.33 bits per heavy atom. The van der Waals surface area contributed by atoms with Crippen molar-refractivity contribution in [1.29, 1.82) is 5.26 Å². The molecule has 0 saturated heterocycles. The number of amides is 1. The summed E-state index contributed by atoms with van der Waals surface area (Å²) in [6.07, 6.45) is 0. The van der Waals surface area contributed by atoms with Crippen LogP contribution in [-0.2, 0) is 4.79 Å². The first-order valence-electron chi connectivity index (χ1n) is 5.04. The number of nitriles is 1. The molecular formula is C11H11N3O3S. The fourth-order valence-electron chi connectivity index (χ4n) is 1.27. The lowest BCUT2D eigenvalue weighted by atomic mass is 10.2. The molecule has 7 heteroatoms. The Bertz CT molecular complexity index is 511. The first kappa shape index (κ1) is 14.0. The summed E-state index contributed by atoms with van der Waals surface area (Å²) in [4.78, 5) is 21.7. The van der Waals surface area contributed by atoms with Gasteiger partial charge < -0.3 is 5.32 Å². The van der Waals surface area contributed by atoms with Gasteiger partial charge in [0.25, 0.3) is 5.69 Å². The smallest absolute Gasteiger partial charge is 0.274 e. The average Bonchev–Trinajstić information content (AvgIpc) is 2.31. The molecule has 0 aliphatic carbocycles. The molecule has 0 heterocycles. The van der Waals surface area contributed by atoms with Crippen LogP contribution in [0.5, 0.6) is 0 Å². The van der Waals surface area contributed by atoms with E-state index in [0.717, 1.165) is 0 Å². The van der Waals surface area contributed by atoms with Crippen LogP contribution in [-0.4, -0.2) is 22.3 Å². The maximum atomic E-state index is 11.4. The number of carbonyl (C=O) groups excluding carboxylic acids is 1. The minimum Gasteiger partial charge on any atom is -0.325 e. The number of carbonyl (C=O) groups is 1. The molecule has 1 aromatic carbocycles. The van der Waals surface area contributed by atoms with Crippen molar-refractivity contribution in [1.82, 2.24) is 0 Å². The van der Waals surface area contributed by atoms with Crippen LogP contribution in [0.4, 0.5) is 11.4 Å². The minimum atomic E-state index is -0.491. The summed E-state index contributed by atoms with van der Waals surface area (Å²) >= 11 is 1.19. The van der Waals surface area contributed by atoms with E-state index in [1.165, 1.54) is 17.8 Å². The van der Waals surface area contributed by atoms with Crippen LogP contribution in [0.1, 0.15) is 5.56 Å². The van der Waals surface area contributed by atoms with E-state index < -0.39 is 4.92 Å². The average molecular weight is 265 g/mol. The molecule has 6 nitrogen and oxygen atoms in total. The van der Waals surface area contributed by atoms with Gasteiger partial charge in [0, 0.05) is 17.3 Å². The Balaban J connectivity index is 2.68. The molecule has 1 amide bonds. The van der Waals surface area contributed by atoms with Crippen molar-refractivity contribution in [3.05, 3.63) is 33.9 Å². The molecule has 0 aliphatic rings. The second-order valence-corrected chi connectivity index (χ2v) is 4.44. The van der Waals surface area contributed by atoms with E-state index in [9.17, 15) is 14.9 Å². The van der Waals surface area contributed by atoms with Gasteiger partial charge in [-0.15, -0.1) is 11.8 Å². The normalized spacial score (nSPS) is 9.56. The molecule has 0 unspecified atom stereocenters. The van der Waals surface area contributed by atoms with Gasteiger partial charge in [-0.3, -0.25) is 14.9 Å². The van der Waals surface area contributed by atoms with Gasteiger partial charge >= 0.3 is 0 Å². The summed E-state index contributed by atoms with van der Waals surface area (Å²) in [5, 5.41) is 21.6. The van der Waals surface area contributed by atoms with Crippen molar-refractivity contribution in [3.8, 4) is 6.07 Å². The van der Waals surface area contributed by atoms with Gasteiger partial charge in [-0.05, 0) is 13.0 Å². The summed E-state index contributed by atoms with van der Waals surface area (Å²) in [7, 11) is 0. The van der Waals surface area contributed by atoms with Gasteiger partial charge in [0.05, 0.1) is 22.5 Å². The molecule has 0 radical (unpaired) electrons. The number of benzene rings is 1. The Morgan fingerprint density at radius 3 is 2.94 bits per heavy atom. The van der Waals surface area contributed by atoms with Crippen molar-refractivity contribution in [2.24, 2.45) is 0 Å². The van der Waals surface area contributed by atoms with Gasteiger partial charge in [0.15, 0.2) is 0 Å². The van der Waals surface area contributed by atoms with Crippen LogP contribution in [0.25, 0.3) is 0 Å². The number of thioether (sulfide) groups is 1. The van der Waals surface area contributed by atoms with Gasteiger partial charge in [-0.1, -0.05) is 6.07 Å². The predicted octanol–water partition coefficient (Wildman–Crippen LogP) is 2.10. The van der Waals surface area contributed by atoms with Crippen LogP contribution in [0.2, 0.25) is 0 Å². The molecule has 0 bridgehead atoms. The van der Waals surface area contributed by atoms with Crippen molar-refractivity contribution in [3.63, 3.8) is 0 Å². The van der Waals surface area contributed by atoms with Crippen LogP contribution in [0.3, 0.4) is 0 Å². The van der Waals surface area contributed by atoms with Gasteiger partial charge in [0.1, 0.15) is 0 Å². The minimum absolute atomic E-state index is 0.0301. The number of aryl methyl sites for hydroxylation is 1. The van der Waals surface area contributed by atoms with Crippen molar-refractivity contribution < 1.29 is 9.72 Å². The summed E-state index contributed by atoms with van der Waals surface area (Å²) in [5.74, 6) is 0.102. The maximum Gasteiger partial charge on any atom is 0.274 e.